The van der Waals surface area contributed by atoms with Crippen LogP contribution in [0, 0.1) is 13.8 Å². The molecule has 4 heteroatoms. The van der Waals surface area contributed by atoms with E-state index in [0.29, 0.717) is 6.42 Å². The maximum Gasteiger partial charge on any atom is 0.147 e. The standard InChI is InChI=1S/C24H26N2O2/c1-16-11-19(20-14-25-17(2)26-15-20)9-10-22(16)24(3,4)23(27)13-18-7-6-8-21(12-18)28-5/h6-12,14-15H,13H2,1-5H3. The number of carbonyl (C=O) groups excluding carboxylic acids is 1. The molecule has 0 saturated heterocycles. The summed E-state index contributed by atoms with van der Waals surface area (Å²) in [6.45, 7) is 7.90. The summed E-state index contributed by atoms with van der Waals surface area (Å²) in [5.41, 5.74) is 4.52. The molecule has 0 bridgehead atoms. The van der Waals surface area contributed by atoms with E-state index in [0.717, 1.165) is 39.4 Å². The van der Waals surface area contributed by atoms with Gasteiger partial charge in [-0.15, -0.1) is 0 Å². The number of carbonyl (C=O) groups is 1. The molecule has 0 N–H and O–H groups in total. The SMILES string of the molecule is COc1cccc(CC(=O)C(C)(C)c2ccc(-c3cnc(C)nc3)cc2C)c1. The third-order valence-electron chi connectivity index (χ3n) is 5.21. The molecular formula is C24H26N2O2. The van der Waals surface area contributed by atoms with Gasteiger partial charge in [0, 0.05) is 29.8 Å². The van der Waals surface area contributed by atoms with Crippen molar-refractivity contribution in [1.29, 1.82) is 0 Å². The summed E-state index contributed by atoms with van der Waals surface area (Å²) < 4.78 is 5.27. The van der Waals surface area contributed by atoms with Crippen molar-refractivity contribution in [2.24, 2.45) is 0 Å². The quantitative estimate of drug-likeness (QED) is 0.618. The Morgan fingerprint density at radius 3 is 2.36 bits per heavy atom. The molecule has 1 aromatic heterocycles. The van der Waals surface area contributed by atoms with Gasteiger partial charge in [0.05, 0.1) is 7.11 Å². The number of methoxy groups -OCH3 is 1. The highest BCUT2D eigenvalue weighted by Crippen LogP contribution is 2.31. The average Bonchev–Trinajstić information content (AvgIpc) is 2.68. The lowest BCUT2D eigenvalue weighted by molar-refractivity contribution is -0.122. The number of benzene rings is 2. The minimum atomic E-state index is -0.588. The minimum absolute atomic E-state index is 0.176. The predicted octanol–water partition coefficient (Wildman–Crippen LogP) is 4.86. The van der Waals surface area contributed by atoms with E-state index in [9.17, 15) is 4.79 Å². The number of hydrogen-bond donors (Lipinski definition) is 0. The second kappa shape index (κ2) is 7.93. The van der Waals surface area contributed by atoms with Gasteiger partial charge in [-0.1, -0.05) is 30.3 Å². The fourth-order valence-electron chi connectivity index (χ4n) is 3.43. The van der Waals surface area contributed by atoms with Gasteiger partial charge in [0.15, 0.2) is 0 Å². The van der Waals surface area contributed by atoms with Crippen molar-refractivity contribution >= 4 is 5.78 Å². The van der Waals surface area contributed by atoms with E-state index in [1.165, 1.54) is 0 Å². The van der Waals surface area contributed by atoms with E-state index in [1.54, 1.807) is 7.11 Å². The van der Waals surface area contributed by atoms with Crippen LogP contribution in [-0.4, -0.2) is 22.9 Å². The van der Waals surface area contributed by atoms with Crippen molar-refractivity contribution in [3.63, 3.8) is 0 Å². The molecule has 0 aliphatic rings. The zero-order chi connectivity index (χ0) is 20.3. The Kier molecular flexibility index (Phi) is 5.59. The second-order valence-corrected chi connectivity index (χ2v) is 7.63. The van der Waals surface area contributed by atoms with E-state index >= 15 is 0 Å². The molecule has 0 aliphatic heterocycles. The molecule has 144 valence electrons. The van der Waals surface area contributed by atoms with Gasteiger partial charge >= 0.3 is 0 Å². The van der Waals surface area contributed by atoms with Crippen molar-refractivity contribution in [3.05, 3.63) is 77.4 Å². The van der Waals surface area contributed by atoms with Crippen LogP contribution in [0.3, 0.4) is 0 Å². The first-order valence-electron chi connectivity index (χ1n) is 9.37. The number of aryl methyl sites for hydroxylation is 2. The van der Waals surface area contributed by atoms with Crippen LogP contribution >= 0.6 is 0 Å². The van der Waals surface area contributed by atoms with Crippen molar-refractivity contribution in [3.8, 4) is 16.9 Å². The zero-order valence-corrected chi connectivity index (χ0v) is 17.1. The molecular weight excluding hydrogens is 348 g/mol. The number of nitrogens with zero attached hydrogens (tertiary/aromatic N) is 2. The van der Waals surface area contributed by atoms with Gasteiger partial charge in [-0.05, 0) is 62.1 Å². The monoisotopic (exact) mass is 374 g/mol. The largest absolute Gasteiger partial charge is 0.497 e. The molecule has 0 aliphatic carbocycles. The van der Waals surface area contributed by atoms with Crippen LogP contribution in [0.25, 0.3) is 11.1 Å². The van der Waals surface area contributed by atoms with E-state index in [4.69, 9.17) is 4.74 Å². The van der Waals surface area contributed by atoms with Crippen molar-refractivity contribution in [2.45, 2.75) is 39.5 Å². The Hall–Kier alpha value is -3.01. The average molecular weight is 374 g/mol. The van der Waals surface area contributed by atoms with Crippen molar-refractivity contribution in [2.75, 3.05) is 7.11 Å². The number of ether oxygens (including phenoxy) is 1. The lowest BCUT2D eigenvalue weighted by atomic mass is 9.76. The van der Waals surface area contributed by atoms with Crippen LogP contribution in [-0.2, 0) is 16.6 Å². The van der Waals surface area contributed by atoms with Crippen molar-refractivity contribution in [1.82, 2.24) is 9.97 Å². The molecule has 0 radical (unpaired) electrons. The van der Waals surface area contributed by atoms with Crippen LogP contribution in [0.15, 0.2) is 54.9 Å². The maximum atomic E-state index is 13.1. The highest BCUT2D eigenvalue weighted by molar-refractivity contribution is 5.91. The van der Waals surface area contributed by atoms with E-state index in [2.05, 4.69) is 23.0 Å². The number of ketones is 1. The fourth-order valence-corrected chi connectivity index (χ4v) is 3.43. The van der Waals surface area contributed by atoms with Gasteiger partial charge < -0.3 is 4.74 Å². The molecule has 28 heavy (non-hydrogen) atoms. The van der Waals surface area contributed by atoms with Crippen LogP contribution in [0.4, 0.5) is 0 Å². The maximum absolute atomic E-state index is 13.1. The first-order chi connectivity index (χ1) is 13.3. The molecule has 1 heterocycles. The molecule has 0 fully saturated rings. The molecule has 3 rings (SSSR count). The Labute approximate surface area is 166 Å². The lowest BCUT2D eigenvalue weighted by Crippen LogP contribution is -2.31. The van der Waals surface area contributed by atoms with Crippen LogP contribution in [0.1, 0.15) is 36.4 Å². The molecule has 0 unspecified atom stereocenters. The first kappa shape index (κ1) is 19.7. The van der Waals surface area contributed by atoms with Crippen LogP contribution in [0.2, 0.25) is 0 Å². The van der Waals surface area contributed by atoms with E-state index < -0.39 is 5.41 Å². The van der Waals surface area contributed by atoms with Crippen LogP contribution < -0.4 is 4.74 Å². The Bertz CT molecular complexity index is 992. The van der Waals surface area contributed by atoms with Gasteiger partial charge in [0.1, 0.15) is 17.4 Å². The Balaban J connectivity index is 1.86. The minimum Gasteiger partial charge on any atom is -0.497 e. The summed E-state index contributed by atoms with van der Waals surface area (Å²) in [7, 11) is 1.63. The van der Waals surface area contributed by atoms with Gasteiger partial charge in [0.25, 0.3) is 0 Å². The smallest absolute Gasteiger partial charge is 0.147 e. The number of Topliss-reactive ketones (excluding diaryl/α,β-unsaturated/α-hetero) is 1. The summed E-state index contributed by atoms with van der Waals surface area (Å²) in [6, 6.07) is 13.9. The first-order valence-corrected chi connectivity index (χ1v) is 9.37. The molecule has 0 amide bonds. The fraction of sp³-hybridized carbons (Fsp3) is 0.292. The molecule has 0 spiro atoms. The summed E-state index contributed by atoms with van der Waals surface area (Å²) in [5.74, 6) is 1.69. The van der Waals surface area contributed by atoms with E-state index in [-0.39, 0.29) is 5.78 Å². The van der Waals surface area contributed by atoms with Crippen molar-refractivity contribution < 1.29 is 9.53 Å². The third-order valence-corrected chi connectivity index (χ3v) is 5.21. The van der Waals surface area contributed by atoms with Gasteiger partial charge in [-0.3, -0.25) is 4.79 Å². The molecule has 0 atom stereocenters. The zero-order valence-electron chi connectivity index (χ0n) is 17.1. The molecule has 3 aromatic rings. The molecule has 2 aromatic carbocycles. The number of aromatic nitrogens is 2. The molecule has 0 saturated carbocycles. The van der Waals surface area contributed by atoms with E-state index in [1.807, 2.05) is 69.6 Å². The summed E-state index contributed by atoms with van der Waals surface area (Å²) >= 11 is 0. The summed E-state index contributed by atoms with van der Waals surface area (Å²) in [4.78, 5) is 21.7. The Morgan fingerprint density at radius 1 is 1.00 bits per heavy atom. The van der Waals surface area contributed by atoms with Crippen LogP contribution in [0.5, 0.6) is 5.75 Å². The normalized spacial score (nSPS) is 11.3. The summed E-state index contributed by atoms with van der Waals surface area (Å²) in [6.07, 6.45) is 4.03. The second-order valence-electron chi connectivity index (χ2n) is 7.63. The van der Waals surface area contributed by atoms with Gasteiger partial charge in [0.2, 0.25) is 0 Å². The van der Waals surface area contributed by atoms with Gasteiger partial charge in [-0.25, -0.2) is 9.97 Å². The number of rotatable bonds is 6. The highest BCUT2D eigenvalue weighted by Gasteiger charge is 2.31. The molecule has 4 nitrogen and oxygen atoms in total. The summed E-state index contributed by atoms with van der Waals surface area (Å²) in [5, 5.41) is 0. The number of hydrogen-bond acceptors (Lipinski definition) is 4. The van der Waals surface area contributed by atoms with Gasteiger partial charge in [-0.2, -0.15) is 0 Å². The Morgan fingerprint density at radius 2 is 1.71 bits per heavy atom. The third kappa shape index (κ3) is 4.11. The topological polar surface area (TPSA) is 52.1 Å². The predicted molar refractivity (Wildman–Crippen MR) is 112 cm³/mol. The lowest BCUT2D eigenvalue weighted by Gasteiger charge is -2.26. The highest BCUT2D eigenvalue weighted by atomic mass is 16.5.